The van der Waals surface area contributed by atoms with Gasteiger partial charge in [-0.3, -0.25) is 10.1 Å². The number of methoxy groups -OCH3 is 1. The fourth-order valence-corrected chi connectivity index (χ4v) is 4.13. The van der Waals surface area contributed by atoms with E-state index in [1.807, 2.05) is 6.07 Å². The van der Waals surface area contributed by atoms with Gasteiger partial charge in [-0.15, -0.1) is 0 Å². The smallest absolute Gasteiger partial charge is 0.412 e. The Balaban J connectivity index is 1.70. The Morgan fingerprint density at radius 2 is 1.87 bits per heavy atom. The fourth-order valence-electron chi connectivity index (χ4n) is 3.61. The second kappa shape index (κ2) is 14.0. The van der Waals surface area contributed by atoms with Crippen molar-refractivity contribution in [3.8, 4) is 11.8 Å². The number of hydrogen-bond acceptors (Lipinski definition) is 7. The predicted octanol–water partition coefficient (Wildman–Crippen LogP) is 5.73. The second-order valence-corrected chi connectivity index (χ2v) is 9.42. The number of allylic oxidation sites excluding steroid dienone is 1. The van der Waals surface area contributed by atoms with Crippen molar-refractivity contribution < 1.29 is 24.2 Å². The number of anilines is 3. The Morgan fingerprint density at radius 3 is 2.55 bits per heavy atom. The molecule has 0 heterocycles. The summed E-state index contributed by atoms with van der Waals surface area (Å²) in [5.74, 6) is -0.374. The number of carbonyl (C=O) groups excluding carboxylic acids is 2. The lowest BCUT2D eigenvalue weighted by atomic mass is 9.99. The molecule has 5 N–H and O–H groups in total. The number of ether oxygens (including phenoxy) is 2. The molecular formula is C28H27IN4O5. The number of rotatable bonds is 10. The highest BCUT2D eigenvalue weighted by Crippen LogP contribution is 2.34. The SMILES string of the molecule is CO[C@@H](CC/C=C/C(=O)Nc1ccccc1N)[C@@H](OC(=O)Nc1ccc(C#N)cc1)c1cc(I)ccc1O. The highest BCUT2D eigenvalue weighted by atomic mass is 127. The number of carbonyl (C=O) groups is 2. The average Bonchev–Trinajstić information content (AvgIpc) is 2.91. The number of phenols is 1. The average molecular weight is 626 g/mol. The summed E-state index contributed by atoms with van der Waals surface area (Å²) in [6.45, 7) is 0. The van der Waals surface area contributed by atoms with Gasteiger partial charge in [-0.25, -0.2) is 4.79 Å². The van der Waals surface area contributed by atoms with Gasteiger partial charge in [0.25, 0.3) is 0 Å². The predicted molar refractivity (Wildman–Crippen MR) is 153 cm³/mol. The van der Waals surface area contributed by atoms with E-state index in [1.54, 1.807) is 66.7 Å². The zero-order valence-electron chi connectivity index (χ0n) is 20.6. The zero-order chi connectivity index (χ0) is 27.5. The van der Waals surface area contributed by atoms with Gasteiger partial charge in [-0.05, 0) is 96.1 Å². The van der Waals surface area contributed by atoms with E-state index in [-0.39, 0.29) is 11.7 Å². The monoisotopic (exact) mass is 626 g/mol. The van der Waals surface area contributed by atoms with Crippen molar-refractivity contribution >= 4 is 51.7 Å². The summed E-state index contributed by atoms with van der Waals surface area (Å²) in [5.41, 5.74) is 8.13. The van der Waals surface area contributed by atoms with Gasteiger partial charge in [-0.1, -0.05) is 18.2 Å². The number of hydrogen-bond donors (Lipinski definition) is 4. The Morgan fingerprint density at radius 1 is 1.13 bits per heavy atom. The van der Waals surface area contributed by atoms with Crippen LogP contribution < -0.4 is 16.4 Å². The van der Waals surface area contributed by atoms with E-state index in [9.17, 15) is 14.7 Å². The van der Waals surface area contributed by atoms with Crippen molar-refractivity contribution in [1.29, 1.82) is 5.26 Å². The van der Waals surface area contributed by atoms with Crippen LogP contribution >= 0.6 is 22.6 Å². The van der Waals surface area contributed by atoms with Crippen molar-refractivity contribution in [2.75, 3.05) is 23.5 Å². The van der Waals surface area contributed by atoms with E-state index >= 15 is 0 Å². The molecule has 0 aliphatic rings. The molecule has 0 unspecified atom stereocenters. The normalized spacial score (nSPS) is 12.3. The Labute approximate surface area is 234 Å². The van der Waals surface area contributed by atoms with Crippen molar-refractivity contribution in [2.45, 2.75) is 25.0 Å². The first-order chi connectivity index (χ1) is 18.3. The molecule has 0 saturated carbocycles. The highest BCUT2D eigenvalue weighted by Gasteiger charge is 2.29. The van der Waals surface area contributed by atoms with Crippen LogP contribution in [0.1, 0.15) is 30.1 Å². The number of para-hydroxylation sites is 2. The highest BCUT2D eigenvalue weighted by molar-refractivity contribution is 14.1. The summed E-state index contributed by atoms with van der Waals surface area (Å²) in [6, 6.07) is 20.3. The van der Waals surface area contributed by atoms with Gasteiger partial charge in [0.15, 0.2) is 6.10 Å². The molecule has 0 aliphatic carbocycles. The number of nitrogens with zero attached hydrogens (tertiary/aromatic N) is 1. The first-order valence-electron chi connectivity index (χ1n) is 11.6. The van der Waals surface area contributed by atoms with Crippen LogP contribution in [0.2, 0.25) is 0 Å². The fraction of sp³-hybridized carbons (Fsp3) is 0.179. The van der Waals surface area contributed by atoms with Crippen LogP contribution in [0.15, 0.2) is 78.9 Å². The Bertz CT molecular complexity index is 1340. The number of nitrogen functional groups attached to an aromatic ring is 1. The number of phenolic OH excluding ortho intramolecular Hbond substituents is 1. The third-order valence-corrected chi connectivity index (χ3v) is 6.21. The molecule has 0 aromatic heterocycles. The number of amides is 2. The van der Waals surface area contributed by atoms with Crippen LogP contribution in [0, 0.1) is 14.9 Å². The van der Waals surface area contributed by atoms with E-state index in [1.165, 1.54) is 19.3 Å². The van der Waals surface area contributed by atoms with E-state index in [0.29, 0.717) is 41.0 Å². The molecule has 0 bridgehead atoms. The summed E-state index contributed by atoms with van der Waals surface area (Å²) in [7, 11) is 1.49. The molecule has 196 valence electrons. The molecule has 38 heavy (non-hydrogen) atoms. The second-order valence-electron chi connectivity index (χ2n) is 8.17. The number of aromatic hydroxyl groups is 1. The molecule has 0 aliphatic heterocycles. The molecule has 3 aromatic carbocycles. The van der Waals surface area contributed by atoms with Crippen molar-refractivity contribution in [2.24, 2.45) is 0 Å². The summed E-state index contributed by atoms with van der Waals surface area (Å²) < 4.78 is 12.2. The molecule has 3 rings (SSSR count). The van der Waals surface area contributed by atoms with Crippen molar-refractivity contribution in [3.05, 3.63) is 93.6 Å². The Hall–Kier alpha value is -4.08. The van der Waals surface area contributed by atoms with Crippen molar-refractivity contribution in [1.82, 2.24) is 0 Å². The lowest BCUT2D eigenvalue weighted by molar-refractivity contribution is -0.111. The van der Waals surface area contributed by atoms with E-state index < -0.39 is 18.3 Å². The molecule has 0 saturated heterocycles. The molecule has 3 aromatic rings. The third-order valence-electron chi connectivity index (χ3n) is 5.54. The topological polar surface area (TPSA) is 147 Å². The lowest BCUT2D eigenvalue weighted by Crippen LogP contribution is -2.28. The number of benzene rings is 3. The number of nitrogens with one attached hydrogen (secondary N) is 2. The number of nitriles is 1. The summed E-state index contributed by atoms with van der Waals surface area (Å²) >= 11 is 2.10. The van der Waals surface area contributed by atoms with Crippen LogP contribution in [0.25, 0.3) is 0 Å². The largest absolute Gasteiger partial charge is 0.508 e. The van der Waals surface area contributed by atoms with Crippen LogP contribution in [-0.2, 0) is 14.3 Å². The molecule has 0 radical (unpaired) electrons. The van der Waals surface area contributed by atoms with E-state index in [4.69, 9.17) is 20.5 Å². The summed E-state index contributed by atoms with van der Waals surface area (Å²) in [5, 5.41) is 24.8. The van der Waals surface area contributed by atoms with Gasteiger partial charge in [0, 0.05) is 21.9 Å². The molecule has 10 heteroatoms. The molecule has 2 amide bonds. The lowest BCUT2D eigenvalue weighted by Gasteiger charge is -2.27. The van der Waals surface area contributed by atoms with E-state index in [2.05, 4.69) is 33.2 Å². The Kier molecular flexibility index (Phi) is 10.5. The number of nitrogens with two attached hydrogens (primary N) is 1. The van der Waals surface area contributed by atoms with Gasteiger partial charge in [0.05, 0.1) is 29.1 Å². The van der Waals surface area contributed by atoms with Crippen LogP contribution in [-0.4, -0.2) is 30.3 Å². The van der Waals surface area contributed by atoms with Crippen molar-refractivity contribution in [3.63, 3.8) is 0 Å². The molecule has 0 fully saturated rings. The minimum atomic E-state index is -0.945. The maximum absolute atomic E-state index is 12.8. The minimum Gasteiger partial charge on any atom is -0.508 e. The third kappa shape index (κ3) is 8.22. The molecule has 0 spiro atoms. The van der Waals surface area contributed by atoms with Gasteiger partial charge >= 0.3 is 6.09 Å². The van der Waals surface area contributed by atoms with Crippen LogP contribution in [0.3, 0.4) is 0 Å². The minimum absolute atomic E-state index is 0.0426. The molecule has 2 atom stereocenters. The van der Waals surface area contributed by atoms with Gasteiger partial charge < -0.3 is 25.6 Å². The summed E-state index contributed by atoms with van der Waals surface area (Å²) in [6.07, 6.45) is 1.56. The summed E-state index contributed by atoms with van der Waals surface area (Å²) in [4.78, 5) is 25.0. The van der Waals surface area contributed by atoms with Gasteiger partial charge in [-0.2, -0.15) is 5.26 Å². The van der Waals surface area contributed by atoms with Gasteiger partial charge in [0.1, 0.15) is 5.75 Å². The molecular weight excluding hydrogens is 599 g/mol. The van der Waals surface area contributed by atoms with E-state index in [0.717, 1.165) is 3.57 Å². The van der Waals surface area contributed by atoms with Crippen LogP contribution in [0.5, 0.6) is 5.75 Å². The zero-order valence-corrected chi connectivity index (χ0v) is 22.7. The maximum atomic E-state index is 12.8. The number of halogens is 1. The molecule has 9 nitrogen and oxygen atoms in total. The first-order valence-corrected chi connectivity index (χ1v) is 12.7. The standard InChI is InChI=1S/C28H27IN4O5/c1-37-25(8-4-5-9-26(35)33-23-7-3-2-6-22(23)31)27(21-16-19(29)12-15-24(21)34)38-28(36)32-20-13-10-18(17-30)11-14-20/h2-3,5-7,9-16,25,27,34H,4,8,31H2,1H3,(H,32,36)(H,33,35)/b9-5+/t25-,27-/m0/s1. The maximum Gasteiger partial charge on any atom is 0.412 e. The first kappa shape index (κ1) is 28.5. The van der Waals surface area contributed by atoms with Gasteiger partial charge in [0.2, 0.25) is 5.91 Å². The van der Waals surface area contributed by atoms with Crippen LogP contribution in [0.4, 0.5) is 21.9 Å². The quantitative estimate of drug-likeness (QED) is 0.128.